The maximum atomic E-state index is 12.0. The highest BCUT2D eigenvalue weighted by molar-refractivity contribution is 6.43. The second-order valence-electron chi connectivity index (χ2n) is 5.19. The topological polar surface area (TPSA) is 58.2 Å². The van der Waals surface area contributed by atoms with E-state index in [1.54, 1.807) is 18.2 Å². The minimum Gasteiger partial charge on any atom is -0.318 e. The molecule has 22 heavy (non-hydrogen) atoms. The Morgan fingerprint density at radius 3 is 2.09 bits per heavy atom. The first kappa shape index (κ1) is 16.0. The molecule has 0 atom stereocenters. The van der Waals surface area contributed by atoms with Gasteiger partial charge in [0.15, 0.2) is 0 Å². The van der Waals surface area contributed by atoms with Gasteiger partial charge in [0.2, 0.25) is 0 Å². The Balaban J connectivity index is 2.09. The number of amides is 2. The molecule has 2 N–H and O–H groups in total. The number of benzene rings is 2. The summed E-state index contributed by atoms with van der Waals surface area (Å²) in [6, 6.07) is 10.7. The maximum Gasteiger partial charge on any atom is 0.314 e. The van der Waals surface area contributed by atoms with Gasteiger partial charge >= 0.3 is 11.8 Å². The molecule has 0 aliphatic rings. The SMILES string of the molecule is Cc1ccc(C)c(NC(=O)C(=O)Nc2ccc(Cl)cc2C)c1. The molecule has 0 aliphatic carbocycles. The molecule has 5 heteroatoms. The fourth-order valence-electron chi connectivity index (χ4n) is 2.00. The molecule has 0 aliphatic heterocycles. The number of anilines is 2. The third-order valence-corrected chi connectivity index (χ3v) is 3.52. The summed E-state index contributed by atoms with van der Waals surface area (Å²) in [6.45, 7) is 5.60. The van der Waals surface area contributed by atoms with E-state index in [4.69, 9.17) is 11.6 Å². The smallest absolute Gasteiger partial charge is 0.314 e. The molecule has 2 amide bonds. The van der Waals surface area contributed by atoms with Gasteiger partial charge in [-0.1, -0.05) is 23.7 Å². The van der Waals surface area contributed by atoms with E-state index >= 15 is 0 Å². The predicted octanol–water partition coefficient (Wildman–Crippen LogP) is 3.84. The molecule has 4 nitrogen and oxygen atoms in total. The largest absolute Gasteiger partial charge is 0.318 e. The molecule has 2 aromatic rings. The highest BCUT2D eigenvalue weighted by Crippen LogP contribution is 2.20. The van der Waals surface area contributed by atoms with Crippen LogP contribution in [0.3, 0.4) is 0 Å². The zero-order chi connectivity index (χ0) is 16.3. The molecule has 0 fully saturated rings. The summed E-state index contributed by atoms with van der Waals surface area (Å²) in [5, 5.41) is 5.79. The molecule has 114 valence electrons. The zero-order valence-electron chi connectivity index (χ0n) is 12.7. The van der Waals surface area contributed by atoms with E-state index in [-0.39, 0.29) is 0 Å². The summed E-state index contributed by atoms with van der Waals surface area (Å²) in [4.78, 5) is 24.0. The second kappa shape index (κ2) is 6.62. The van der Waals surface area contributed by atoms with Crippen LogP contribution in [0.4, 0.5) is 11.4 Å². The molecular weight excluding hydrogens is 300 g/mol. The van der Waals surface area contributed by atoms with Crippen molar-refractivity contribution in [2.75, 3.05) is 10.6 Å². The number of hydrogen-bond acceptors (Lipinski definition) is 2. The lowest BCUT2D eigenvalue weighted by Gasteiger charge is -2.11. The Hall–Kier alpha value is -2.33. The number of aryl methyl sites for hydroxylation is 3. The average molecular weight is 317 g/mol. The van der Waals surface area contributed by atoms with Crippen molar-refractivity contribution in [3.05, 3.63) is 58.1 Å². The van der Waals surface area contributed by atoms with Crippen molar-refractivity contribution < 1.29 is 9.59 Å². The van der Waals surface area contributed by atoms with Crippen LogP contribution in [-0.4, -0.2) is 11.8 Å². The average Bonchev–Trinajstić information content (AvgIpc) is 2.45. The molecule has 0 heterocycles. The summed E-state index contributed by atoms with van der Waals surface area (Å²) in [6.07, 6.45) is 0. The van der Waals surface area contributed by atoms with Crippen LogP contribution >= 0.6 is 11.6 Å². The van der Waals surface area contributed by atoms with Crippen molar-refractivity contribution >= 4 is 34.8 Å². The first-order valence-corrected chi connectivity index (χ1v) is 7.20. The van der Waals surface area contributed by atoms with E-state index in [9.17, 15) is 9.59 Å². The van der Waals surface area contributed by atoms with E-state index in [1.807, 2.05) is 39.0 Å². The Kier molecular flexibility index (Phi) is 4.83. The van der Waals surface area contributed by atoms with Gasteiger partial charge in [-0.15, -0.1) is 0 Å². The van der Waals surface area contributed by atoms with Gasteiger partial charge in [-0.2, -0.15) is 0 Å². The predicted molar refractivity (Wildman–Crippen MR) is 89.4 cm³/mol. The van der Waals surface area contributed by atoms with E-state index in [0.29, 0.717) is 16.4 Å². The summed E-state index contributed by atoms with van der Waals surface area (Å²) in [7, 11) is 0. The first-order chi connectivity index (χ1) is 10.4. The van der Waals surface area contributed by atoms with Crippen LogP contribution in [0.25, 0.3) is 0 Å². The van der Waals surface area contributed by atoms with Crippen LogP contribution in [0.15, 0.2) is 36.4 Å². The molecule has 0 bridgehead atoms. The standard InChI is InChI=1S/C17H17ClN2O2/c1-10-4-5-11(2)15(8-10)20-17(22)16(21)19-14-7-6-13(18)9-12(14)3/h4-9H,1-3H3,(H,19,21)(H,20,22). The number of rotatable bonds is 2. The van der Waals surface area contributed by atoms with Crippen molar-refractivity contribution in [1.82, 2.24) is 0 Å². The van der Waals surface area contributed by atoms with E-state index in [0.717, 1.165) is 16.7 Å². The van der Waals surface area contributed by atoms with Gasteiger partial charge in [0, 0.05) is 16.4 Å². The molecule has 0 saturated heterocycles. The number of nitrogens with one attached hydrogen (secondary N) is 2. The van der Waals surface area contributed by atoms with Crippen molar-refractivity contribution in [3.63, 3.8) is 0 Å². The van der Waals surface area contributed by atoms with E-state index in [1.165, 1.54) is 0 Å². The van der Waals surface area contributed by atoms with Gasteiger partial charge in [0.1, 0.15) is 0 Å². The van der Waals surface area contributed by atoms with Crippen molar-refractivity contribution in [3.8, 4) is 0 Å². The van der Waals surface area contributed by atoms with Crippen LogP contribution in [0, 0.1) is 20.8 Å². The van der Waals surface area contributed by atoms with E-state index in [2.05, 4.69) is 10.6 Å². The fraction of sp³-hybridized carbons (Fsp3) is 0.176. The van der Waals surface area contributed by atoms with Crippen LogP contribution in [0.5, 0.6) is 0 Å². The minimum absolute atomic E-state index is 0.561. The lowest BCUT2D eigenvalue weighted by atomic mass is 10.1. The molecule has 0 radical (unpaired) electrons. The molecule has 0 aromatic heterocycles. The highest BCUT2D eigenvalue weighted by atomic mass is 35.5. The van der Waals surface area contributed by atoms with Gasteiger partial charge in [-0.3, -0.25) is 9.59 Å². The Morgan fingerprint density at radius 2 is 1.45 bits per heavy atom. The Labute approximate surface area is 134 Å². The molecule has 0 saturated carbocycles. The summed E-state index contributed by atoms with van der Waals surface area (Å²) < 4.78 is 0. The van der Waals surface area contributed by atoms with E-state index < -0.39 is 11.8 Å². The van der Waals surface area contributed by atoms with Crippen LogP contribution in [0.2, 0.25) is 5.02 Å². The van der Waals surface area contributed by atoms with Gasteiger partial charge in [0.25, 0.3) is 0 Å². The van der Waals surface area contributed by atoms with Gasteiger partial charge < -0.3 is 10.6 Å². The number of carbonyl (C=O) groups is 2. The highest BCUT2D eigenvalue weighted by Gasteiger charge is 2.16. The number of hydrogen-bond donors (Lipinski definition) is 2. The molecule has 2 aromatic carbocycles. The summed E-state index contributed by atoms with van der Waals surface area (Å²) in [5.74, 6) is -1.42. The normalized spacial score (nSPS) is 10.2. The fourth-order valence-corrected chi connectivity index (χ4v) is 2.22. The molecule has 2 rings (SSSR count). The lowest BCUT2D eigenvalue weighted by molar-refractivity contribution is -0.133. The third-order valence-electron chi connectivity index (χ3n) is 3.28. The van der Waals surface area contributed by atoms with Gasteiger partial charge in [0.05, 0.1) is 0 Å². The van der Waals surface area contributed by atoms with Crippen molar-refractivity contribution in [1.29, 1.82) is 0 Å². The summed E-state index contributed by atoms with van der Waals surface area (Å²) in [5.41, 5.74) is 3.89. The van der Waals surface area contributed by atoms with Crippen molar-refractivity contribution in [2.24, 2.45) is 0 Å². The summed E-state index contributed by atoms with van der Waals surface area (Å²) >= 11 is 5.86. The molecule has 0 unspecified atom stereocenters. The quantitative estimate of drug-likeness (QED) is 0.827. The number of carbonyl (C=O) groups excluding carboxylic acids is 2. The maximum absolute atomic E-state index is 12.0. The van der Waals surface area contributed by atoms with Crippen LogP contribution in [-0.2, 0) is 9.59 Å². The number of halogens is 1. The molecule has 0 spiro atoms. The molecular formula is C17H17ClN2O2. The Bertz CT molecular complexity index is 741. The zero-order valence-corrected chi connectivity index (χ0v) is 13.4. The van der Waals surface area contributed by atoms with Crippen LogP contribution in [0.1, 0.15) is 16.7 Å². The van der Waals surface area contributed by atoms with Gasteiger partial charge in [-0.05, 0) is 61.7 Å². The lowest BCUT2D eigenvalue weighted by Crippen LogP contribution is -2.29. The van der Waals surface area contributed by atoms with Crippen molar-refractivity contribution in [2.45, 2.75) is 20.8 Å². The third kappa shape index (κ3) is 3.86. The Morgan fingerprint density at radius 1 is 0.818 bits per heavy atom. The minimum atomic E-state index is -0.716. The van der Waals surface area contributed by atoms with Gasteiger partial charge in [-0.25, -0.2) is 0 Å². The second-order valence-corrected chi connectivity index (χ2v) is 5.62. The monoisotopic (exact) mass is 316 g/mol. The van der Waals surface area contributed by atoms with Crippen LogP contribution < -0.4 is 10.6 Å². The first-order valence-electron chi connectivity index (χ1n) is 6.82.